The van der Waals surface area contributed by atoms with Crippen molar-refractivity contribution in [2.45, 2.75) is 58.2 Å². The first kappa shape index (κ1) is 16.4. The van der Waals surface area contributed by atoms with Crippen molar-refractivity contribution in [3.8, 4) is 0 Å². The summed E-state index contributed by atoms with van der Waals surface area (Å²) < 4.78 is 5.97. The quantitative estimate of drug-likeness (QED) is 0.296. The number of unbranched alkanes of at least 4 members (excludes halogenated alkanes) is 2. The van der Waals surface area contributed by atoms with Gasteiger partial charge in [-0.3, -0.25) is 0 Å². The fourth-order valence-electron chi connectivity index (χ4n) is 0.985. The van der Waals surface area contributed by atoms with Gasteiger partial charge in [0, 0.05) is 6.42 Å². The maximum absolute atomic E-state index is 10.1. The Morgan fingerprint density at radius 3 is 2.35 bits per heavy atom. The van der Waals surface area contributed by atoms with Crippen LogP contribution in [0.25, 0.3) is 0 Å². The van der Waals surface area contributed by atoms with E-state index in [-0.39, 0.29) is 5.04 Å². The van der Waals surface area contributed by atoms with Gasteiger partial charge in [-0.2, -0.15) is 0 Å². The molecule has 0 aliphatic heterocycles. The van der Waals surface area contributed by atoms with Gasteiger partial charge in [0.1, 0.15) is 6.29 Å². The van der Waals surface area contributed by atoms with Gasteiger partial charge < -0.3 is 9.22 Å². The van der Waals surface area contributed by atoms with Crippen LogP contribution >= 0.6 is 0 Å². The van der Waals surface area contributed by atoms with Gasteiger partial charge in [0.25, 0.3) is 0 Å². The van der Waals surface area contributed by atoms with Gasteiger partial charge in [-0.05, 0) is 43.1 Å². The van der Waals surface area contributed by atoms with Crippen LogP contribution in [0.3, 0.4) is 0 Å². The van der Waals surface area contributed by atoms with E-state index < -0.39 is 8.32 Å². The van der Waals surface area contributed by atoms with Crippen LogP contribution in [0, 0.1) is 0 Å². The molecule has 0 radical (unpaired) electrons. The molecule has 0 N–H and O–H groups in total. The Morgan fingerprint density at radius 1 is 1.18 bits per heavy atom. The van der Waals surface area contributed by atoms with Crippen LogP contribution in [-0.4, -0.2) is 21.2 Å². The van der Waals surface area contributed by atoms with Crippen molar-refractivity contribution >= 4 is 14.6 Å². The second-order valence-corrected chi connectivity index (χ2v) is 10.6. The molecule has 0 atom stereocenters. The summed E-state index contributed by atoms with van der Waals surface area (Å²) >= 11 is 0. The standard InChI is InChI=1S/C14H26O2Si/c1-14(2,3)17(4,5)16-13-11-9-7-6-8-10-12-15/h7,11-12H,6,8,10,13H2,1-5H3. The van der Waals surface area contributed by atoms with Crippen molar-refractivity contribution in [3.63, 3.8) is 0 Å². The molecule has 98 valence electrons. The van der Waals surface area contributed by atoms with Gasteiger partial charge >= 0.3 is 0 Å². The molecule has 0 aliphatic rings. The predicted molar refractivity (Wildman–Crippen MR) is 75.7 cm³/mol. The molecule has 0 saturated heterocycles. The second-order valence-electron chi connectivity index (χ2n) is 5.74. The summed E-state index contributed by atoms with van der Waals surface area (Å²) in [5, 5.41) is 0.258. The first-order valence-electron chi connectivity index (χ1n) is 6.28. The summed E-state index contributed by atoms with van der Waals surface area (Å²) in [5.74, 6) is 0. The van der Waals surface area contributed by atoms with Crippen molar-refractivity contribution in [2.75, 3.05) is 6.61 Å². The molecule has 17 heavy (non-hydrogen) atoms. The first-order chi connectivity index (χ1) is 7.81. The van der Waals surface area contributed by atoms with Gasteiger partial charge in [-0.15, -0.1) is 5.73 Å². The topological polar surface area (TPSA) is 26.3 Å². The molecule has 0 saturated carbocycles. The highest BCUT2D eigenvalue weighted by Crippen LogP contribution is 2.36. The van der Waals surface area contributed by atoms with Gasteiger partial charge in [-0.1, -0.05) is 20.8 Å². The number of hydrogen-bond acceptors (Lipinski definition) is 2. The predicted octanol–water partition coefficient (Wildman–Crippen LogP) is 4.09. The summed E-state index contributed by atoms with van der Waals surface area (Å²) in [7, 11) is -1.62. The van der Waals surface area contributed by atoms with Crippen molar-refractivity contribution in [2.24, 2.45) is 0 Å². The summed E-state index contributed by atoms with van der Waals surface area (Å²) in [6.45, 7) is 11.8. The molecule has 0 spiro atoms. The third-order valence-electron chi connectivity index (χ3n) is 3.24. The molecule has 0 rings (SSSR count). The van der Waals surface area contributed by atoms with E-state index >= 15 is 0 Å². The van der Waals surface area contributed by atoms with E-state index in [0.717, 1.165) is 19.1 Å². The summed E-state index contributed by atoms with van der Waals surface area (Å²) in [6.07, 6.45) is 7.32. The average Bonchev–Trinajstić information content (AvgIpc) is 2.20. The number of aldehydes is 1. The van der Waals surface area contributed by atoms with E-state index in [1.165, 1.54) is 0 Å². The average molecular weight is 254 g/mol. The second kappa shape index (κ2) is 7.65. The van der Waals surface area contributed by atoms with Crippen LogP contribution in [0.15, 0.2) is 17.9 Å². The summed E-state index contributed by atoms with van der Waals surface area (Å²) in [4.78, 5) is 10.1. The van der Waals surface area contributed by atoms with Crippen LogP contribution in [0.1, 0.15) is 40.0 Å². The van der Waals surface area contributed by atoms with Gasteiger partial charge in [-0.25, -0.2) is 0 Å². The highest BCUT2D eigenvalue weighted by Gasteiger charge is 2.36. The van der Waals surface area contributed by atoms with Crippen LogP contribution in [-0.2, 0) is 9.22 Å². The number of hydrogen-bond donors (Lipinski definition) is 0. The number of carbonyl (C=O) groups excluding carboxylic acids is 1. The van der Waals surface area contributed by atoms with E-state index in [1.807, 2.05) is 12.2 Å². The zero-order chi connectivity index (χ0) is 13.4. The Morgan fingerprint density at radius 2 is 1.82 bits per heavy atom. The van der Waals surface area contributed by atoms with E-state index in [4.69, 9.17) is 4.43 Å². The molecule has 0 fully saturated rings. The minimum absolute atomic E-state index is 0.258. The lowest BCUT2D eigenvalue weighted by Gasteiger charge is -2.35. The van der Waals surface area contributed by atoms with E-state index in [9.17, 15) is 4.79 Å². The lowest BCUT2D eigenvalue weighted by molar-refractivity contribution is -0.107. The van der Waals surface area contributed by atoms with Crippen LogP contribution in [0.5, 0.6) is 0 Å². The Hall–Kier alpha value is -0.633. The van der Waals surface area contributed by atoms with Crippen LogP contribution in [0.2, 0.25) is 18.1 Å². The van der Waals surface area contributed by atoms with E-state index in [0.29, 0.717) is 13.0 Å². The van der Waals surface area contributed by atoms with Gasteiger partial charge in [0.15, 0.2) is 8.32 Å². The molecule has 0 aromatic heterocycles. The van der Waals surface area contributed by atoms with Crippen molar-refractivity contribution in [3.05, 3.63) is 17.9 Å². The Labute approximate surface area is 107 Å². The van der Waals surface area contributed by atoms with Crippen molar-refractivity contribution in [1.29, 1.82) is 0 Å². The smallest absolute Gasteiger partial charge is 0.192 e. The highest BCUT2D eigenvalue weighted by molar-refractivity contribution is 6.74. The molecule has 0 aliphatic carbocycles. The highest BCUT2D eigenvalue weighted by atomic mass is 28.4. The van der Waals surface area contributed by atoms with E-state index in [1.54, 1.807) is 0 Å². The Kier molecular flexibility index (Phi) is 7.36. The molecule has 0 amide bonds. The minimum atomic E-state index is -1.62. The molecule has 0 aromatic carbocycles. The number of carbonyl (C=O) groups is 1. The molecular weight excluding hydrogens is 228 g/mol. The third kappa shape index (κ3) is 7.32. The monoisotopic (exact) mass is 254 g/mol. The molecule has 3 heteroatoms. The van der Waals surface area contributed by atoms with Crippen LogP contribution < -0.4 is 0 Å². The summed E-state index contributed by atoms with van der Waals surface area (Å²) in [6, 6.07) is 0. The number of rotatable bonds is 7. The lowest BCUT2D eigenvalue weighted by atomic mass is 10.2. The lowest BCUT2D eigenvalue weighted by Crippen LogP contribution is -2.40. The maximum atomic E-state index is 10.1. The Bertz CT molecular complexity index is 281. The van der Waals surface area contributed by atoms with Crippen molar-refractivity contribution in [1.82, 2.24) is 0 Å². The van der Waals surface area contributed by atoms with Gasteiger partial charge in [0.2, 0.25) is 0 Å². The fourth-order valence-corrected chi connectivity index (χ4v) is 1.92. The normalized spacial score (nSPS) is 11.8. The molecular formula is C14H26O2Si. The largest absolute Gasteiger partial charge is 0.413 e. The maximum Gasteiger partial charge on any atom is 0.192 e. The third-order valence-corrected chi connectivity index (χ3v) is 7.74. The van der Waals surface area contributed by atoms with Gasteiger partial charge in [0.05, 0.1) is 6.61 Å². The van der Waals surface area contributed by atoms with Crippen LogP contribution in [0.4, 0.5) is 0 Å². The Balaban J connectivity index is 3.90. The SMILES string of the molecule is CC(C)(C)[Si](C)(C)OCC=C=CCCCC=O. The molecule has 0 aromatic rings. The molecule has 2 nitrogen and oxygen atoms in total. The zero-order valence-electron chi connectivity index (χ0n) is 11.9. The van der Waals surface area contributed by atoms with E-state index in [2.05, 4.69) is 39.6 Å². The molecule has 0 unspecified atom stereocenters. The van der Waals surface area contributed by atoms with Crippen molar-refractivity contribution < 1.29 is 9.22 Å². The minimum Gasteiger partial charge on any atom is -0.413 e. The molecule has 0 heterocycles. The fraction of sp³-hybridized carbons (Fsp3) is 0.714. The zero-order valence-corrected chi connectivity index (χ0v) is 12.9. The molecule has 0 bridgehead atoms. The first-order valence-corrected chi connectivity index (χ1v) is 9.19. The summed E-state index contributed by atoms with van der Waals surface area (Å²) in [5.41, 5.74) is 3.10.